The van der Waals surface area contributed by atoms with Gasteiger partial charge in [-0.1, -0.05) is 32.6 Å². The van der Waals surface area contributed by atoms with Gasteiger partial charge in [-0.05, 0) is 68.4 Å². The number of hydrogen-bond acceptors (Lipinski definition) is 6. The minimum Gasteiger partial charge on any atom is -0.384 e. The first-order valence-electron chi connectivity index (χ1n) is 13.3. The van der Waals surface area contributed by atoms with Crippen LogP contribution in [0.4, 0.5) is 16.3 Å². The van der Waals surface area contributed by atoms with E-state index in [2.05, 4.69) is 22.2 Å². The molecule has 3 atom stereocenters. The summed E-state index contributed by atoms with van der Waals surface area (Å²) in [5.41, 5.74) is 8.13. The molecule has 37 heavy (non-hydrogen) atoms. The summed E-state index contributed by atoms with van der Waals surface area (Å²) in [7, 11) is 1.66. The van der Waals surface area contributed by atoms with Crippen molar-refractivity contribution in [1.29, 1.82) is 0 Å². The van der Waals surface area contributed by atoms with Gasteiger partial charge in [0.1, 0.15) is 11.9 Å². The average molecular weight is 507 g/mol. The molecule has 0 aromatic carbocycles. The first-order chi connectivity index (χ1) is 17.8. The molecule has 1 aliphatic carbocycles. The third-order valence-corrected chi connectivity index (χ3v) is 7.68. The molecule has 2 aliphatic rings. The van der Waals surface area contributed by atoms with Crippen LogP contribution in [0.15, 0.2) is 36.7 Å². The van der Waals surface area contributed by atoms with Crippen LogP contribution >= 0.6 is 0 Å². The number of likely N-dealkylation sites (N-methyl/N-ethyl adjacent to an activating group) is 1. The van der Waals surface area contributed by atoms with E-state index < -0.39 is 18.0 Å². The van der Waals surface area contributed by atoms with Gasteiger partial charge in [-0.25, -0.2) is 9.78 Å². The van der Waals surface area contributed by atoms with Crippen LogP contribution in [-0.2, 0) is 16.0 Å². The van der Waals surface area contributed by atoms with Crippen molar-refractivity contribution in [3.05, 3.63) is 47.9 Å². The second-order valence-corrected chi connectivity index (χ2v) is 10.4. The third-order valence-electron chi connectivity index (χ3n) is 7.68. The molecule has 0 spiro atoms. The topological polar surface area (TPSA) is 122 Å². The molecule has 0 bridgehead atoms. The molecule has 2 aromatic heterocycles. The molecular formula is C28H38N6O3. The highest BCUT2D eigenvalue weighted by Gasteiger charge is 2.55. The van der Waals surface area contributed by atoms with Crippen LogP contribution in [0.3, 0.4) is 0 Å². The summed E-state index contributed by atoms with van der Waals surface area (Å²) in [6.07, 6.45) is 11.0. The maximum absolute atomic E-state index is 13.7. The molecule has 9 nitrogen and oxygen atoms in total. The van der Waals surface area contributed by atoms with E-state index in [1.165, 1.54) is 11.3 Å². The van der Waals surface area contributed by atoms with Crippen molar-refractivity contribution < 1.29 is 14.4 Å². The van der Waals surface area contributed by atoms with Gasteiger partial charge in [-0.15, -0.1) is 0 Å². The molecule has 0 unspecified atom stereocenters. The van der Waals surface area contributed by atoms with Crippen molar-refractivity contribution in [3.63, 3.8) is 0 Å². The number of carbonyl (C=O) groups excluding carboxylic acids is 3. The number of aryl methyl sites for hydroxylation is 1. The van der Waals surface area contributed by atoms with Crippen molar-refractivity contribution in [2.24, 2.45) is 11.8 Å². The van der Waals surface area contributed by atoms with Crippen LogP contribution < -0.4 is 16.0 Å². The Bertz CT molecular complexity index is 1100. The van der Waals surface area contributed by atoms with Crippen molar-refractivity contribution in [2.75, 3.05) is 17.7 Å². The van der Waals surface area contributed by atoms with Crippen LogP contribution in [0, 0.1) is 18.8 Å². The lowest BCUT2D eigenvalue weighted by Gasteiger charge is -2.46. The second kappa shape index (κ2) is 11.7. The number of anilines is 2. The summed E-state index contributed by atoms with van der Waals surface area (Å²) in [6.45, 7) is 3.94. The highest BCUT2D eigenvalue weighted by Crippen LogP contribution is 2.34. The molecule has 3 N–H and O–H groups in total. The zero-order valence-corrected chi connectivity index (χ0v) is 22.0. The summed E-state index contributed by atoms with van der Waals surface area (Å²) < 4.78 is 0. The summed E-state index contributed by atoms with van der Waals surface area (Å²) in [4.78, 5) is 51.5. The zero-order valence-electron chi connectivity index (χ0n) is 22.0. The number of nitrogens with zero attached hydrogens (tertiary/aromatic N) is 4. The number of hydrogen-bond donors (Lipinski definition) is 2. The summed E-state index contributed by atoms with van der Waals surface area (Å²) >= 11 is 0. The Morgan fingerprint density at radius 3 is 2.54 bits per heavy atom. The van der Waals surface area contributed by atoms with Crippen LogP contribution in [0.2, 0.25) is 0 Å². The monoisotopic (exact) mass is 506 g/mol. The normalized spacial score (nSPS) is 20.7. The highest BCUT2D eigenvalue weighted by molar-refractivity contribution is 6.12. The van der Waals surface area contributed by atoms with E-state index in [0.717, 1.165) is 54.7 Å². The molecule has 2 fully saturated rings. The Labute approximate surface area is 218 Å². The standard InChI is InChI=1S/C28H38N6O3/c1-4-8-23(20-9-6-5-7-10-20)32-28(37)34-25(27(36)33(3)21-11-13-30-14-12-21)22(26(34)35)16-19-15-18(2)31-24(29)17-19/h11-15,17,20,22-23,25H,4-10,16H2,1-3H3,(H2,29,31)(H,32,37)/t22-,23-,25+/m1/s1. The molecule has 1 saturated heterocycles. The van der Waals surface area contributed by atoms with Gasteiger partial charge in [0, 0.05) is 36.9 Å². The van der Waals surface area contributed by atoms with E-state index in [4.69, 9.17) is 5.73 Å². The SMILES string of the molecule is CCC[C@@H](NC(=O)N1C(=O)[C@H](Cc2cc(C)nc(N)c2)[C@H]1C(=O)N(C)c1ccncc1)C1CCCCC1. The van der Waals surface area contributed by atoms with Gasteiger partial charge in [-0.3, -0.25) is 19.5 Å². The number of urea groups is 1. The predicted molar refractivity (Wildman–Crippen MR) is 143 cm³/mol. The maximum Gasteiger partial charge on any atom is 0.325 e. The number of likely N-dealkylation sites (tertiary alicyclic amines) is 1. The minimum atomic E-state index is -0.908. The van der Waals surface area contributed by atoms with Crippen LogP contribution in [0.1, 0.15) is 63.1 Å². The van der Waals surface area contributed by atoms with Crippen molar-refractivity contribution in [2.45, 2.75) is 77.3 Å². The molecule has 1 aliphatic heterocycles. The van der Waals surface area contributed by atoms with Crippen molar-refractivity contribution in [3.8, 4) is 0 Å². The second-order valence-electron chi connectivity index (χ2n) is 10.4. The Morgan fingerprint density at radius 2 is 1.89 bits per heavy atom. The number of imide groups is 1. The molecular weight excluding hydrogens is 468 g/mol. The van der Waals surface area contributed by atoms with E-state index in [0.29, 0.717) is 23.8 Å². The fraction of sp³-hybridized carbons (Fsp3) is 0.536. The van der Waals surface area contributed by atoms with Gasteiger partial charge in [0.25, 0.3) is 5.91 Å². The largest absolute Gasteiger partial charge is 0.384 e. The van der Waals surface area contributed by atoms with Gasteiger partial charge in [0.15, 0.2) is 0 Å². The Hall–Kier alpha value is -3.49. The summed E-state index contributed by atoms with van der Waals surface area (Å²) in [5.74, 6) is -0.548. The zero-order chi connectivity index (χ0) is 26.5. The van der Waals surface area contributed by atoms with Crippen molar-refractivity contribution in [1.82, 2.24) is 20.2 Å². The first-order valence-corrected chi connectivity index (χ1v) is 13.3. The van der Waals surface area contributed by atoms with Gasteiger partial charge >= 0.3 is 6.03 Å². The van der Waals surface area contributed by atoms with Crippen LogP contribution in [0.25, 0.3) is 0 Å². The predicted octanol–water partition coefficient (Wildman–Crippen LogP) is 3.86. The summed E-state index contributed by atoms with van der Waals surface area (Å²) in [6, 6.07) is 5.65. The average Bonchev–Trinajstić information content (AvgIpc) is 2.89. The number of amides is 4. The van der Waals surface area contributed by atoms with E-state index in [1.54, 1.807) is 37.6 Å². The smallest absolute Gasteiger partial charge is 0.325 e. The minimum absolute atomic E-state index is 0.000903. The van der Waals surface area contributed by atoms with Gasteiger partial charge in [-0.2, -0.15) is 0 Å². The molecule has 4 amide bonds. The molecule has 1 saturated carbocycles. The van der Waals surface area contributed by atoms with E-state index in [-0.39, 0.29) is 17.9 Å². The number of nitrogens with one attached hydrogen (secondary N) is 1. The Kier molecular flexibility index (Phi) is 8.41. The quantitative estimate of drug-likeness (QED) is 0.525. The van der Waals surface area contributed by atoms with Crippen LogP contribution in [0.5, 0.6) is 0 Å². The number of carbonyl (C=O) groups is 3. The third kappa shape index (κ3) is 5.92. The lowest BCUT2D eigenvalue weighted by Crippen LogP contribution is -2.71. The number of nitrogens with two attached hydrogens (primary N) is 1. The molecule has 0 radical (unpaired) electrons. The highest BCUT2D eigenvalue weighted by atomic mass is 16.2. The lowest BCUT2D eigenvalue weighted by molar-refractivity contribution is -0.156. The number of β-lactam (4-membered cyclic amide) rings is 1. The van der Waals surface area contributed by atoms with E-state index in [1.807, 2.05) is 13.0 Å². The number of pyridine rings is 2. The summed E-state index contributed by atoms with van der Waals surface area (Å²) in [5, 5.41) is 3.14. The number of nitrogen functional groups attached to an aromatic ring is 1. The fourth-order valence-electron chi connectivity index (χ4n) is 5.79. The fourth-order valence-corrected chi connectivity index (χ4v) is 5.79. The molecule has 2 aromatic rings. The molecule has 3 heterocycles. The number of aromatic nitrogens is 2. The maximum atomic E-state index is 13.7. The van der Waals surface area contributed by atoms with Gasteiger partial charge < -0.3 is 16.0 Å². The molecule has 198 valence electrons. The lowest BCUT2D eigenvalue weighted by atomic mass is 9.81. The van der Waals surface area contributed by atoms with Crippen molar-refractivity contribution >= 4 is 29.4 Å². The van der Waals surface area contributed by atoms with E-state index >= 15 is 0 Å². The van der Waals surface area contributed by atoms with Gasteiger partial charge in [0.2, 0.25) is 5.91 Å². The van der Waals surface area contributed by atoms with Crippen LogP contribution in [-0.4, -0.2) is 51.8 Å². The first kappa shape index (κ1) is 26.6. The molecule has 9 heteroatoms. The number of rotatable bonds is 8. The van der Waals surface area contributed by atoms with Gasteiger partial charge in [0.05, 0.1) is 5.92 Å². The Morgan fingerprint density at radius 1 is 1.19 bits per heavy atom. The van der Waals surface area contributed by atoms with E-state index in [9.17, 15) is 14.4 Å². The Balaban J connectivity index is 1.58. The molecule has 4 rings (SSSR count).